The van der Waals surface area contributed by atoms with Gasteiger partial charge in [-0.15, -0.1) is 0 Å². The van der Waals surface area contributed by atoms with E-state index in [1.54, 1.807) is 18.6 Å². The predicted molar refractivity (Wildman–Crippen MR) is 79.1 cm³/mol. The molecule has 0 spiro atoms. The molecule has 3 rings (SSSR count). The topological polar surface area (TPSA) is 84.0 Å². The summed E-state index contributed by atoms with van der Waals surface area (Å²) < 4.78 is 5.71. The maximum Gasteiger partial charge on any atom is 0.227 e. The van der Waals surface area contributed by atoms with Crippen molar-refractivity contribution >= 4 is 5.91 Å². The molecule has 0 radical (unpaired) electrons. The molecule has 1 atom stereocenters. The van der Waals surface area contributed by atoms with Gasteiger partial charge in [-0.2, -0.15) is 5.10 Å². The Hall–Kier alpha value is -2.28. The van der Waals surface area contributed by atoms with Gasteiger partial charge in [0.1, 0.15) is 6.10 Å². The van der Waals surface area contributed by atoms with Crippen molar-refractivity contribution in [1.29, 1.82) is 0 Å². The van der Waals surface area contributed by atoms with Crippen LogP contribution in [0.1, 0.15) is 28.7 Å². The van der Waals surface area contributed by atoms with E-state index in [4.69, 9.17) is 4.74 Å². The summed E-state index contributed by atoms with van der Waals surface area (Å²) in [5, 5.41) is 7.05. The molecule has 0 saturated carbocycles. The largest absolute Gasteiger partial charge is 0.368 e. The fourth-order valence-corrected chi connectivity index (χ4v) is 2.63. The standard InChI is InChI=1S/C15H19N5O2/c1-10-12(11(2)19-18-10)7-15(21)20-5-6-22-14(9-20)13-8-16-3-4-17-13/h3-4,8,14H,5-7,9H2,1-2H3,(H,18,19)/t14-/m1/s1. The number of nitrogens with zero attached hydrogens (tertiary/aromatic N) is 4. The van der Waals surface area contributed by atoms with Gasteiger partial charge in [-0.3, -0.25) is 19.9 Å². The molecule has 1 amide bonds. The Morgan fingerprint density at radius 1 is 1.45 bits per heavy atom. The summed E-state index contributed by atoms with van der Waals surface area (Å²) in [4.78, 5) is 22.7. The molecule has 22 heavy (non-hydrogen) atoms. The third kappa shape index (κ3) is 2.99. The molecule has 1 fully saturated rings. The number of hydrogen-bond donors (Lipinski definition) is 1. The van der Waals surface area contributed by atoms with E-state index in [0.717, 1.165) is 22.6 Å². The fraction of sp³-hybridized carbons (Fsp3) is 0.467. The molecule has 2 aromatic heterocycles. The second kappa shape index (κ2) is 6.23. The molecule has 2 aromatic rings. The smallest absolute Gasteiger partial charge is 0.227 e. The molecule has 1 aliphatic rings. The molecular formula is C15H19N5O2. The summed E-state index contributed by atoms with van der Waals surface area (Å²) in [5.74, 6) is 0.0878. The van der Waals surface area contributed by atoms with Crippen LogP contribution in [0, 0.1) is 13.8 Å². The van der Waals surface area contributed by atoms with Crippen LogP contribution in [0.2, 0.25) is 0 Å². The van der Waals surface area contributed by atoms with E-state index in [-0.39, 0.29) is 12.0 Å². The van der Waals surface area contributed by atoms with Crippen LogP contribution in [0.5, 0.6) is 0 Å². The van der Waals surface area contributed by atoms with Crippen LogP contribution >= 0.6 is 0 Å². The predicted octanol–water partition coefficient (Wildman–Crippen LogP) is 0.959. The number of carbonyl (C=O) groups excluding carboxylic acids is 1. The number of aromatic nitrogens is 4. The zero-order valence-electron chi connectivity index (χ0n) is 12.7. The van der Waals surface area contributed by atoms with Gasteiger partial charge in [-0.25, -0.2) is 0 Å². The molecule has 116 valence electrons. The maximum atomic E-state index is 12.5. The first-order valence-electron chi connectivity index (χ1n) is 7.31. The Kier molecular flexibility index (Phi) is 4.15. The van der Waals surface area contributed by atoms with E-state index in [1.165, 1.54) is 0 Å². The molecule has 3 heterocycles. The number of nitrogens with one attached hydrogen (secondary N) is 1. The number of H-pyrrole nitrogens is 1. The average molecular weight is 301 g/mol. The lowest BCUT2D eigenvalue weighted by Gasteiger charge is -2.32. The fourth-order valence-electron chi connectivity index (χ4n) is 2.63. The van der Waals surface area contributed by atoms with Crippen LogP contribution in [0.4, 0.5) is 0 Å². The molecule has 0 aliphatic carbocycles. The Morgan fingerprint density at radius 2 is 2.32 bits per heavy atom. The minimum absolute atomic E-state index is 0.0878. The van der Waals surface area contributed by atoms with Gasteiger partial charge in [-0.1, -0.05) is 0 Å². The second-order valence-electron chi connectivity index (χ2n) is 5.42. The van der Waals surface area contributed by atoms with E-state index in [9.17, 15) is 4.79 Å². The monoisotopic (exact) mass is 301 g/mol. The quantitative estimate of drug-likeness (QED) is 0.913. The van der Waals surface area contributed by atoms with Gasteiger partial charge in [0.2, 0.25) is 5.91 Å². The Balaban J connectivity index is 1.68. The Labute approximate surface area is 128 Å². The van der Waals surface area contributed by atoms with Crippen molar-refractivity contribution in [3.8, 4) is 0 Å². The zero-order valence-corrected chi connectivity index (χ0v) is 12.7. The number of carbonyl (C=O) groups is 1. The molecular weight excluding hydrogens is 282 g/mol. The molecule has 1 saturated heterocycles. The SMILES string of the molecule is Cc1n[nH]c(C)c1CC(=O)N1CCO[C@@H](c2cnccn2)C1. The van der Waals surface area contributed by atoms with Gasteiger partial charge in [0.15, 0.2) is 0 Å². The number of morpholine rings is 1. The molecule has 7 heteroatoms. The Bertz CT molecular complexity index is 636. The van der Waals surface area contributed by atoms with Crippen molar-refractivity contribution in [3.05, 3.63) is 41.2 Å². The number of rotatable bonds is 3. The summed E-state index contributed by atoms with van der Waals surface area (Å²) >= 11 is 0. The maximum absolute atomic E-state index is 12.5. The highest BCUT2D eigenvalue weighted by Gasteiger charge is 2.27. The molecule has 1 aliphatic heterocycles. The van der Waals surface area contributed by atoms with Crippen molar-refractivity contribution in [2.75, 3.05) is 19.7 Å². The van der Waals surface area contributed by atoms with E-state index >= 15 is 0 Å². The summed E-state index contributed by atoms with van der Waals surface area (Å²) in [6.45, 7) is 5.47. The molecule has 7 nitrogen and oxygen atoms in total. The van der Waals surface area contributed by atoms with Crippen molar-refractivity contribution in [2.24, 2.45) is 0 Å². The summed E-state index contributed by atoms with van der Waals surface area (Å²) in [5.41, 5.74) is 3.57. The summed E-state index contributed by atoms with van der Waals surface area (Å²) in [6.07, 6.45) is 5.10. The highest BCUT2D eigenvalue weighted by molar-refractivity contribution is 5.79. The van der Waals surface area contributed by atoms with E-state index in [2.05, 4.69) is 20.2 Å². The molecule has 0 unspecified atom stereocenters. The van der Waals surface area contributed by atoms with Crippen LogP contribution in [-0.4, -0.2) is 50.7 Å². The second-order valence-corrected chi connectivity index (χ2v) is 5.42. The first-order chi connectivity index (χ1) is 10.6. The number of aromatic amines is 1. The van der Waals surface area contributed by atoms with Crippen LogP contribution in [0.25, 0.3) is 0 Å². The van der Waals surface area contributed by atoms with Crippen LogP contribution in [0.3, 0.4) is 0 Å². The number of ether oxygens (including phenoxy) is 1. The first kappa shape index (κ1) is 14.6. The van der Waals surface area contributed by atoms with E-state index in [1.807, 2.05) is 18.7 Å². The Morgan fingerprint density at radius 3 is 3.00 bits per heavy atom. The lowest BCUT2D eigenvalue weighted by atomic mass is 10.1. The number of hydrogen-bond acceptors (Lipinski definition) is 5. The average Bonchev–Trinajstić information content (AvgIpc) is 2.88. The third-order valence-electron chi connectivity index (χ3n) is 3.94. The number of aryl methyl sites for hydroxylation is 2. The van der Waals surface area contributed by atoms with Crippen molar-refractivity contribution in [2.45, 2.75) is 26.4 Å². The van der Waals surface area contributed by atoms with Gasteiger partial charge in [0.25, 0.3) is 0 Å². The molecule has 1 N–H and O–H groups in total. The van der Waals surface area contributed by atoms with E-state index < -0.39 is 0 Å². The van der Waals surface area contributed by atoms with E-state index in [0.29, 0.717) is 26.1 Å². The van der Waals surface area contributed by atoms with Crippen LogP contribution in [0.15, 0.2) is 18.6 Å². The lowest BCUT2D eigenvalue weighted by Crippen LogP contribution is -2.43. The van der Waals surface area contributed by atoms with Crippen molar-refractivity contribution in [3.63, 3.8) is 0 Å². The van der Waals surface area contributed by atoms with Crippen molar-refractivity contribution in [1.82, 2.24) is 25.1 Å². The van der Waals surface area contributed by atoms with Gasteiger partial charge in [-0.05, 0) is 13.8 Å². The van der Waals surface area contributed by atoms with Gasteiger partial charge in [0, 0.05) is 30.2 Å². The van der Waals surface area contributed by atoms with Gasteiger partial charge < -0.3 is 9.64 Å². The minimum atomic E-state index is -0.210. The highest BCUT2D eigenvalue weighted by atomic mass is 16.5. The summed E-state index contributed by atoms with van der Waals surface area (Å²) in [7, 11) is 0. The zero-order chi connectivity index (χ0) is 15.5. The van der Waals surface area contributed by atoms with Gasteiger partial charge in [0.05, 0.1) is 37.2 Å². The van der Waals surface area contributed by atoms with Crippen LogP contribution in [-0.2, 0) is 16.0 Å². The summed E-state index contributed by atoms with van der Waals surface area (Å²) in [6, 6.07) is 0. The third-order valence-corrected chi connectivity index (χ3v) is 3.94. The normalized spacial score (nSPS) is 18.5. The molecule has 0 aromatic carbocycles. The lowest BCUT2D eigenvalue weighted by molar-refractivity contribution is -0.138. The van der Waals surface area contributed by atoms with Crippen molar-refractivity contribution < 1.29 is 9.53 Å². The number of amides is 1. The highest BCUT2D eigenvalue weighted by Crippen LogP contribution is 2.21. The minimum Gasteiger partial charge on any atom is -0.368 e. The molecule has 0 bridgehead atoms. The van der Waals surface area contributed by atoms with Crippen LogP contribution < -0.4 is 0 Å². The van der Waals surface area contributed by atoms with Gasteiger partial charge >= 0.3 is 0 Å². The first-order valence-corrected chi connectivity index (χ1v) is 7.31.